The van der Waals surface area contributed by atoms with E-state index in [1.165, 1.54) is 6.42 Å². The fraction of sp³-hybridized carbons (Fsp3) is 0.476. The Balaban J connectivity index is 1.42. The molecule has 2 fully saturated rings. The van der Waals surface area contributed by atoms with Gasteiger partial charge in [0, 0.05) is 36.2 Å². The van der Waals surface area contributed by atoms with Crippen LogP contribution < -0.4 is 10.4 Å². The molecule has 27 heavy (non-hydrogen) atoms. The zero-order chi connectivity index (χ0) is 19.0. The van der Waals surface area contributed by atoms with Crippen LogP contribution >= 0.6 is 0 Å². The summed E-state index contributed by atoms with van der Waals surface area (Å²) < 4.78 is 0. The van der Waals surface area contributed by atoms with Crippen LogP contribution in [0.1, 0.15) is 36.0 Å². The third-order valence-corrected chi connectivity index (χ3v) is 6.08. The Morgan fingerprint density at radius 3 is 2.19 bits per heavy atom. The monoisotopic (exact) mass is 367 g/mol. The molecule has 1 heterocycles. The van der Waals surface area contributed by atoms with Gasteiger partial charge in [-0.1, -0.05) is 12.2 Å². The van der Waals surface area contributed by atoms with Gasteiger partial charge < -0.3 is 20.1 Å². The van der Waals surface area contributed by atoms with Crippen LogP contribution in [-0.2, 0) is 9.59 Å². The van der Waals surface area contributed by atoms with Gasteiger partial charge in [0.05, 0.1) is 5.92 Å². The Morgan fingerprint density at radius 1 is 0.926 bits per heavy atom. The molecule has 3 aliphatic rings. The van der Waals surface area contributed by atoms with Crippen LogP contribution in [0, 0.1) is 23.7 Å². The molecule has 0 unspecified atom stereocenters. The number of piperidine rings is 1. The largest absolute Gasteiger partial charge is 0.550 e. The topological polar surface area (TPSA) is 89.5 Å². The van der Waals surface area contributed by atoms with Crippen LogP contribution in [0.5, 0.6) is 0 Å². The van der Waals surface area contributed by atoms with E-state index in [2.05, 4.69) is 5.32 Å². The van der Waals surface area contributed by atoms with Crippen molar-refractivity contribution in [2.24, 2.45) is 23.7 Å². The number of carboxylic acids is 1. The van der Waals surface area contributed by atoms with Crippen LogP contribution in [0.25, 0.3) is 0 Å². The molecule has 2 amide bonds. The highest BCUT2D eigenvalue weighted by atomic mass is 16.4. The van der Waals surface area contributed by atoms with Crippen molar-refractivity contribution in [2.75, 3.05) is 18.4 Å². The maximum Gasteiger partial charge on any atom is 0.253 e. The van der Waals surface area contributed by atoms with E-state index in [1.807, 2.05) is 17.1 Å². The lowest BCUT2D eigenvalue weighted by molar-refractivity contribution is -0.313. The van der Waals surface area contributed by atoms with Gasteiger partial charge >= 0.3 is 0 Å². The summed E-state index contributed by atoms with van der Waals surface area (Å²) in [5, 5.41) is 14.3. The number of anilines is 1. The van der Waals surface area contributed by atoms with Crippen LogP contribution in [0.15, 0.2) is 36.4 Å². The Morgan fingerprint density at radius 2 is 1.56 bits per heavy atom. The summed E-state index contributed by atoms with van der Waals surface area (Å²) in [6.07, 6.45) is 7.76. The lowest BCUT2D eigenvalue weighted by atomic mass is 9.82. The van der Waals surface area contributed by atoms with Crippen molar-refractivity contribution in [1.29, 1.82) is 0 Å². The molecule has 4 atom stereocenters. The second kappa shape index (κ2) is 7.18. The number of amides is 2. The smallest absolute Gasteiger partial charge is 0.253 e. The van der Waals surface area contributed by atoms with Crippen molar-refractivity contribution < 1.29 is 19.5 Å². The summed E-state index contributed by atoms with van der Waals surface area (Å²) in [6, 6.07) is 6.82. The number of rotatable bonds is 4. The summed E-state index contributed by atoms with van der Waals surface area (Å²) in [4.78, 5) is 38.5. The lowest BCUT2D eigenvalue weighted by Gasteiger charge is -2.28. The molecule has 1 aromatic carbocycles. The van der Waals surface area contributed by atoms with Gasteiger partial charge in [0.25, 0.3) is 5.91 Å². The van der Waals surface area contributed by atoms with Gasteiger partial charge in [-0.2, -0.15) is 0 Å². The number of benzene rings is 1. The highest BCUT2D eigenvalue weighted by Gasteiger charge is 2.48. The fourth-order valence-electron chi connectivity index (χ4n) is 4.70. The van der Waals surface area contributed by atoms with Gasteiger partial charge in [0.2, 0.25) is 5.91 Å². The molecule has 4 rings (SSSR count). The second-order valence-electron chi connectivity index (χ2n) is 7.74. The first kappa shape index (κ1) is 17.8. The van der Waals surface area contributed by atoms with Gasteiger partial charge in [-0.25, -0.2) is 0 Å². The molecule has 1 aromatic rings. The van der Waals surface area contributed by atoms with Gasteiger partial charge in [-0.05, 0) is 61.8 Å². The minimum Gasteiger partial charge on any atom is -0.550 e. The number of nitrogens with zero attached hydrogens (tertiary/aromatic N) is 1. The van der Waals surface area contributed by atoms with Crippen LogP contribution in [0.2, 0.25) is 0 Å². The summed E-state index contributed by atoms with van der Waals surface area (Å²) in [5.41, 5.74) is 1.17. The molecule has 0 radical (unpaired) electrons. The third-order valence-electron chi connectivity index (χ3n) is 6.08. The van der Waals surface area contributed by atoms with Crippen LogP contribution in [-0.4, -0.2) is 35.8 Å². The molecular formula is C21H23N2O4-. The van der Waals surface area contributed by atoms with E-state index in [9.17, 15) is 19.5 Å². The van der Waals surface area contributed by atoms with Crippen molar-refractivity contribution in [3.05, 3.63) is 42.0 Å². The molecule has 1 saturated carbocycles. The number of allylic oxidation sites excluding steroid dienone is 2. The molecular weight excluding hydrogens is 344 g/mol. The zero-order valence-corrected chi connectivity index (χ0v) is 15.1. The third kappa shape index (κ3) is 3.36. The van der Waals surface area contributed by atoms with E-state index in [1.54, 1.807) is 24.3 Å². The zero-order valence-electron chi connectivity index (χ0n) is 15.1. The minimum atomic E-state index is -1.16. The van der Waals surface area contributed by atoms with Crippen LogP contribution in [0.3, 0.4) is 0 Å². The van der Waals surface area contributed by atoms with Crippen molar-refractivity contribution in [1.82, 2.24) is 4.90 Å². The number of carboxylic acid groups (broad SMARTS) is 1. The van der Waals surface area contributed by atoms with Crippen molar-refractivity contribution >= 4 is 23.5 Å². The van der Waals surface area contributed by atoms with E-state index in [-0.39, 0.29) is 23.7 Å². The molecule has 6 heteroatoms. The van der Waals surface area contributed by atoms with Crippen LogP contribution in [0.4, 0.5) is 5.69 Å². The van der Waals surface area contributed by atoms with E-state index < -0.39 is 17.8 Å². The standard InChI is InChI=1S/C21H24N2O4/c24-19(17-14-4-5-15(12-14)18(17)21(26)27)22-16-8-6-13(7-9-16)20(25)23-10-2-1-3-11-23/h4-9,14-15,17-18H,1-3,10-12H2,(H,22,24)(H,26,27)/p-1/t14-,15-,17-,18-/m0/s1. The first-order valence-electron chi connectivity index (χ1n) is 9.64. The molecule has 0 spiro atoms. The maximum absolute atomic E-state index is 12.7. The number of hydrogen-bond donors (Lipinski definition) is 1. The summed E-state index contributed by atoms with van der Waals surface area (Å²) >= 11 is 0. The van der Waals surface area contributed by atoms with Crippen molar-refractivity contribution in [3.63, 3.8) is 0 Å². The maximum atomic E-state index is 12.7. The Hall–Kier alpha value is -2.63. The molecule has 2 bridgehead atoms. The number of likely N-dealkylation sites (tertiary alicyclic amines) is 1. The Bertz CT molecular complexity index is 780. The number of nitrogens with one attached hydrogen (secondary N) is 1. The Kier molecular flexibility index (Phi) is 4.72. The molecule has 2 aliphatic carbocycles. The predicted molar refractivity (Wildman–Crippen MR) is 97.6 cm³/mol. The number of hydrogen-bond acceptors (Lipinski definition) is 4. The van der Waals surface area contributed by atoms with E-state index in [4.69, 9.17) is 0 Å². The van der Waals surface area contributed by atoms with Crippen molar-refractivity contribution in [3.8, 4) is 0 Å². The average molecular weight is 367 g/mol. The number of aliphatic carboxylic acids is 1. The first-order valence-corrected chi connectivity index (χ1v) is 9.64. The molecule has 1 saturated heterocycles. The van der Waals surface area contributed by atoms with Gasteiger partial charge in [-0.3, -0.25) is 9.59 Å². The highest BCUT2D eigenvalue weighted by Crippen LogP contribution is 2.48. The van der Waals surface area contributed by atoms with E-state index in [0.29, 0.717) is 17.7 Å². The Labute approximate surface area is 158 Å². The van der Waals surface area contributed by atoms with E-state index in [0.717, 1.165) is 25.9 Å². The fourth-order valence-corrected chi connectivity index (χ4v) is 4.70. The number of fused-ring (bicyclic) bond motifs is 2. The van der Waals surface area contributed by atoms with E-state index >= 15 is 0 Å². The SMILES string of the molecule is O=C([O-])[C@@H]1[C@@H](C(=O)Nc2ccc(C(=O)N3CCCCC3)cc2)[C@H]2C=C[C@H]1C2. The average Bonchev–Trinajstić information content (AvgIpc) is 3.30. The quantitative estimate of drug-likeness (QED) is 0.816. The van der Waals surface area contributed by atoms with Crippen molar-refractivity contribution in [2.45, 2.75) is 25.7 Å². The minimum absolute atomic E-state index is 0.0165. The molecule has 0 aromatic heterocycles. The summed E-state index contributed by atoms with van der Waals surface area (Å²) in [6.45, 7) is 1.58. The first-order chi connectivity index (χ1) is 13.0. The molecule has 6 nitrogen and oxygen atoms in total. The van der Waals surface area contributed by atoms with Gasteiger partial charge in [-0.15, -0.1) is 0 Å². The lowest BCUT2D eigenvalue weighted by Crippen LogP contribution is -2.42. The van der Waals surface area contributed by atoms with Gasteiger partial charge in [0.15, 0.2) is 0 Å². The predicted octanol–water partition coefficient (Wildman–Crippen LogP) is 1.44. The second-order valence-corrected chi connectivity index (χ2v) is 7.74. The van der Waals surface area contributed by atoms with Gasteiger partial charge in [0.1, 0.15) is 0 Å². The molecule has 1 aliphatic heterocycles. The number of carbonyl (C=O) groups excluding carboxylic acids is 3. The molecule has 142 valence electrons. The summed E-state index contributed by atoms with van der Waals surface area (Å²) in [5.74, 6) is -2.95. The summed E-state index contributed by atoms with van der Waals surface area (Å²) in [7, 11) is 0. The highest BCUT2D eigenvalue weighted by molar-refractivity contribution is 5.98. The normalized spacial score (nSPS) is 29.0. The number of carbonyl (C=O) groups is 3. The molecule has 1 N–H and O–H groups in total.